The van der Waals surface area contributed by atoms with Crippen molar-refractivity contribution in [2.24, 2.45) is 5.73 Å². The number of halogens is 1. The molecule has 8 heteroatoms. The van der Waals surface area contributed by atoms with Gasteiger partial charge in [-0.15, -0.1) is 0 Å². The van der Waals surface area contributed by atoms with Crippen LogP contribution in [-0.2, 0) is 0 Å². The Morgan fingerprint density at radius 1 is 1.23 bits per heavy atom. The molecule has 22 heavy (non-hydrogen) atoms. The second-order valence-electron chi connectivity index (χ2n) is 4.63. The number of nitrogens with one attached hydrogen (secondary N) is 2. The first-order valence-electron chi connectivity index (χ1n) is 6.21. The van der Waals surface area contributed by atoms with Gasteiger partial charge < -0.3 is 10.5 Å². The molecule has 0 bridgehead atoms. The Morgan fingerprint density at radius 3 is 2.55 bits per heavy atom. The van der Waals surface area contributed by atoms with Crippen molar-refractivity contribution < 1.29 is 4.74 Å². The van der Waals surface area contributed by atoms with E-state index in [0.29, 0.717) is 10.6 Å². The molecular formula is C14H9ClN4O3. The van der Waals surface area contributed by atoms with Gasteiger partial charge in [0, 0.05) is 5.02 Å². The Kier molecular flexibility index (Phi) is 3.23. The molecule has 110 valence electrons. The molecule has 4 N–H and O–H groups in total. The van der Waals surface area contributed by atoms with Gasteiger partial charge in [-0.05, 0) is 17.7 Å². The highest BCUT2D eigenvalue weighted by molar-refractivity contribution is 6.30. The lowest BCUT2D eigenvalue weighted by molar-refractivity contribution is 0.373. The molecule has 2 aromatic rings. The number of aromatic nitrogens is 2. The number of aromatic amines is 2. The summed E-state index contributed by atoms with van der Waals surface area (Å²) >= 11 is 5.86. The van der Waals surface area contributed by atoms with E-state index >= 15 is 0 Å². The van der Waals surface area contributed by atoms with Crippen molar-refractivity contribution in [3.8, 4) is 11.9 Å². The van der Waals surface area contributed by atoms with Gasteiger partial charge >= 0.3 is 5.69 Å². The van der Waals surface area contributed by atoms with Crippen LogP contribution >= 0.6 is 11.6 Å². The van der Waals surface area contributed by atoms with Crippen LogP contribution in [0.1, 0.15) is 17.0 Å². The van der Waals surface area contributed by atoms with Crippen LogP contribution in [0, 0.1) is 11.3 Å². The lowest BCUT2D eigenvalue weighted by Crippen LogP contribution is -2.33. The third-order valence-electron chi connectivity index (χ3n) is 3.32. The van der Waals surface area contributed by atoms with E-state index in [4.69, 9.17) is 22.1 Å². The van der Waals surface area contributed by atoms with Crippen molar-refractivity contribution in [2.75, 3.05) is 0 Å². The maximum Gasteiger partial charge on any atom is 0.328 e. The van der Waals surface area contributed by atoms with Crippen molar-refractivity contribution in [2.45, 2.75) is 5.92 Å². The first-order chi connectivity index (χ1) is 10.5. The van der Waals surface area contributed by atoms with Crippen molar-refractivity contribution >= 4 is 11.6 Å². The zero-order valence-electron chi connectivity index (χ0n) is 11.0. The normalized spacial score (nSPS) is 16.6. The van der Waals surface area contributed by atoms with Crippen LogP contribution in [0.5, 0.6) is 5.88 Å². The fraction of sp³-hybridized carbons (Fsp3) is 0.0714. The third-order valence-corrected chi connectivity index (χ3v) is 3.57. The molecule has 0 saturated carbocycles. The van der Waals surface area contributed by atoms with Crippen LogP contribution in [0.4, 0.5) is 0 Å². The van der Waals surface area contributed by atoms with Crippen LogP contribution in [-0.4, -0.2) is 9.97 Å². The van der Waals surface area contributed by atoms with E-state index in [9.17, 15) is 14.9 Å². The number of ether oxygens (including phenoxy) is 1. The summed E-state index contributed by atoms with van der Waals surface area (Å²) in [5.41, 5.74) is 5.22. The van der Waals surface area contributed by atoms with E-state index in [1.807, 2.05) is 6.07 Å². The molecule has 1 atom stereocenters. The molecule has 0 spiro atoms. The van der Waals surface area contributed by atoms with Crippen LogP contribution in [0.15, 0.2) is 45.3 Å². The molecule has 0 amide bonds. The smallest absolute Gasteiger partial charge is 0.328 e. The average Bonchev–Trinajstić information content (AvgIpc) is 2.46. The summed E-state index contributed by atoms with van der Waals surface area (Å²) in [4.78, 5) is 28.0. The number of benzene rings is 1. The van der Waals surface area contributed by atoms with Gasteiger partial charge in [0.25, 0.3) is 5.56 Å². The van der Waals surface area contributed by atoms with Crippen LogP contribution in [0.3, 0.4) is 0 Å². The molecule has 1 aliphatic rings. The zero-order valence-corrected chi connectivity index (χ0v) is 11.8. The maximum absolute atomic E-state index is 12.1. The lowest BCUT2D eigenvalue weighted by Gasteiger charge is -2.24. The van der Waals surface area contributed by atoms with E-state index in [-0.39, 0.29) is 22.9 Å². The topological polar surface area (TPSA) is 125 Å². The van der Waals surface area contributed by atoms with Crippen molar-refractivity contribution in [1.29, 1.82) is 5.26 Å². The highest BCUT2D eigenvalue weighted by Gasteiger charge is 2.33. The molecule has 0 unspecified atom stereocenters. The SMILES string of the molecule is N#CC1=C(N)Oc2[nH]c(=O)[nH]c(=O)c2[C@H]1c1ccc(Cl)cc1. The summed E-state index contributed by atoms with van der Waals surface area (Å²) in [5, 5.41) is 9.86. The summed E-state index contributed by atoms with van der Waals surface area (Å²) in [7, 11) is 0. The van der Waals surface area contributed by atoms with Crippen LogP contribution < -0.4 is 21.7 Å². The number of allylic oxidation sites excluding steroid dienone is 1. The number of hydrogen-bond donors (Lipinski definition) is 3. The molecule has 0 saturated heterocycles. The summed E-state index contributed by atoms with van der Waals surface area (Å²) < 4.78 is 5.21. The van der Waals surface area contributed by atoms with Gasteiger partial charge in [0.1, 0.15) is 11.6 Å². The highest BCUT2D eigenvalue weighted by Crippen LogP contribution is 2.38. The summed E-state index contributed by atoms with van der Waals surface area (Å²) in [6, 6.07) is 8.58. The molecular weight excluding hydrogens is 308 g/mol. The Hall–Kier alpha value is -2.98. The van der Waals surface area contributed by atoms with Gasteiger partial charge in [0.05, 0.1) is 11.5 Å². The van der Waals surface area contributed by atoms with Crippen LogP contribution in [0.25, 0.3) is 0 Å². The van der Waals surface area contributed by atoms with E-state index in [1.165, 1.54) is 0 Å². The van der Waals surface area contributed by atoms with E-state index in [1.54, 1.807) is 24.3 Å². The highest BCUT2D eigenvalue weighted by atomic mass is 35.5. The minimum Gasteiger partial charge on any atom is -0.424 e. The number of nitrogens with zero attached hydrogens (tertiary/aromatic N) is 1. The van der Waals surface area contributed by atoms with Gasteiger partial charge in [-0.25, -0.2) is 4.79 Å². The predicted octanol–water partition coefficient (Wildman–Crippen LogP) is 0.935. The first kappa shape index (κ1) is 14.0. The third kappa shape index (κ3) is 2.16. The number of rotatable bonds is 1. The monoisotopic (exact) mass is 316 g/mol. The molecule has 1 aliphatic heterocycles. The first-order valence-corrected chi connectivity index (χ1v) is 6.58. The number of nitriles is 1. The lowest BCUT2D eigenvalue weighted by atomic mass is 9.85. The van der Waals surface area contributed by atoms with Gasteiger partial charge in [0.2, 0.25) is 11.8 Å². The fourth-order valence-electron chi connectivity index (χ4n) is 2.38. The molecule has 0 fully saturated rings. The summed E-state index contributed by atoms with van der Waals surface area (Å²) in [6.45, 7) is 0. The standard InChI is InChI=1S/C14H9ClN4O3/c15-7-3-1-6(2-4-7)9-8(5-16)11(17)22-13-10(9)12(20)18-14(21)19-13/h1-4,9H,17H2,(H2,18,19,20,21)/t9-/m0/s1. The minimum atomic E-state index is -0.744. The summed E-state index contributed by atoms with van der Waals surface area (Å²) in [5.74, 6) is -0.965. The minimum absolute atomic E-state index is 0.0646. The Bertz CT molecular complexity index is 934. The second kappa shape index (κ2) is 5.09. The Labute approximate surface area is 128 Å². The predicted molar refractivity (Wildman–Crippen MR) is 78.4 cm³/mol. The molecule has 0 aliphatic carbocycles. The largest absolute Gasteiger partial charge is 0.424 e. The van der Waals surface area contributed by atoms with Crippen molar-refractivity contribution in [1.82, 2.24) is 9.97 Å². The number of fused-ring (bicyclic) bond motifs is 1. The van der Waals surface area contributed by atoms with Crippen LogP contribution in [0.2, 0.25) is 5.02 Å². The van der Waals surface area contributed by atoms with Crippen molar-refractivity contribution in [3.05, 3.63) is 72.7 Å². The van der Waals surface area contributed by atoms with Gasteiger partial charge in [-0.2, -0.15) is 5.26 Å². The maximum atomic E-state index is 12.1. The van der Waals surface area contributed by atoms with Gasteiger partial charge in [0.15, 0.2) is 0 Å². The fourth-order valence-corrected chi connectivity index (χ4v) is 2.50. The molecule has 1 aromatic carbocycles. The van der Waals surface area contributed by atoms with E-state index in [2.05, 4.69) is 9.97 Å². The number of H-pyrrole nitrogens is 2. The second-order valence-corrected chi connectivity index (χ2v) is 5.06. The van der Waals surface area contributed by atoms with E-state index in [0.717, 1.165) is 0 Å². The Morgan fingerprint density at radius 2 is 1.91 bits per heavy atom. The average molecular weight is 317 g/mol. The van der Waals surface area contributed by atoms with Crippen molar-refractivity contribution in [3.63, 3.8) is 0 Å². The van der Waals surface area contributed by atoms with E-state index < -0.39 is 17.2 Å². The molecule has 0 radical (unpaired) electrons. The Balaban J connectivity index is 2.32. The number of hydrogen-bond acceptors (Lipinski definition) is 5. The quantitative estimate of drug-likeness (QED) is 0.722. The number of nitrogens with two attached hydrogens (primary N) is 1. The van der Waals surface area contributed by atoms with Gasteiger partial charge in [-0.3, -0.25) is 14.8 Å². The molecule has 1 aromatic heterocycles. The van der Waals surface area contributed by atoms with Gasteiger partial charge in [-0.1, -0.05) is 23.7 Å². The molecule has 7 nitrogen and oxygen atoms in total. The zero-order chi connectivity index (χ0) is 15.9. The molecule has 2 heterocycles. The summed E-state index contributed by atoms with van der Waals surface area (Å²) in [6.07, 6.45) is 0. The molecule has 3 rings (SSSR count).